The predicted molar refractivity (Wildman–Crippen MR) is 315 cm³/mol. The van der Waals surface area contributed by atoms with Gasteiger partial charge in [-0.05, 0) is 123 Å². The molecular formula is C71H47N7. The summed E-state index contributed by atoms with van der Waals surface area (Å²) in [5.41, 5.74) is 21.1. The fraction of sp³-hybridized carbons (Fsp3) is 0.0845. The van der Waals surface area contributed by atoms with Crippen molar-refractivity contribution in [2.45, 2.75) is 38.5 Å². The number of nitriles is 2. The van der Waals surface area contributed by atoms with Crippen LogP contribution in [0, 0.1) is 22.7 Å². The minimum absolute atomic E-state index is 0.229. The second kappa shape index (κ2) is 16.6. The maximum Gasteiger partial charge on any atom is 0.164 e. The van der Waals surface area contributed by atoms with Gasteiger partial charge in [-0.15, -0.1) is 0 Å². The Balaban J connectivity index is 0.916. The monoisotopic (exact) mass is 997 g/mol. The van der Waals surface area contributed by atoms with E-state index in [-0.39, 0.29) is 10.8 Å². The second-order valence-electron chi connectivity index (χ2n) is 21.8. The summed E-state index contributed by atoms with van der Waals surface area (Å²) in [5.74, 6) is 1.43. The van der Waals surface area contributed by atoms with Crippen molar-refractivity contribution >= 4 is 43.6 Å². The third kappa shape index (κ3) is 6.40. The molecule has 0 radical (unpaired) electrons. The average molecular weight is 998 g/mol. The van der Waals surface area contributed by atoms with Crippen LogP contribution >= 0.6 is 0 Å². The van der Waals surface area contributed by atoms with Gasteiger partial charge in [0, 0.05) is 54.6 Å². The summed E-state index contributed by atoms with van der Waals surface area (Å²) in [4.78, 5) is 15.6. The van der Waals surface area contributed by atoms with Crippen LogP contribution in [0.4, 0.5) is 0 Å². The smallest absolute Gasteiger partial charge is 0.164 e. The molecule has 78 heavy (non-hydrogen) atoms. The van der Waals surface area contributed by atoms with Crippen LogP contribution in [0.2, 0.25) is 0 Å². The third-order valence-electron chi connectivity index (χ3n) is 16.8. The van der Waals surface area contributed by atoms with Crippen molar-refractivity contribution in [2.24, 2.45) is 0 Å². The zero-order valence-corrected chi connectivity index (χ0v) is 43.3. The van der Waals surface area contributed by atoms with Gasteiger partial charge in [0.2, 0.25) is 0 Å². The summed E-state index contributed by atoms with van der Waals surface area (Å²) >= 11 is 0. The van der Waals surface area contributed by atoms with E-state index in [1.165, 1.54) is 60.7 Å². The Morgan fingerprint density at radius 1 is 0.359 bits per heavy atom. The summed E-state index contributed by atoms with van der Waals surface area (Å²) < 4.78 is 4.63. The van der Waals surface area contributed by atoms with Gasteiger partial charge in [0.1, 0.15) is 6.07 Å². The number of hydrogen-bond acceptors (Lipinski definition) is 5. The first kappa shape index (κ1) is 45.2. The number of rotatable bonds is 6. The number of nitrogens with zero attached hydrogens (tertiary/aromatic N) is 7. The van der Waals surface area contributed by atoms with Gasteiger partial charge in [0.05, 0.1) is 50.6 Å². The summed E-state index contributed by atoms with van der Waals surface area (Å²) in [5, 5.41) is 26.2. The Morgan fingerprint density at radius 3 is 1.42 bits per heavy atom. The fourth-order valence-electron chi connectivity index (χ4n) is 13.4. The van der Waals surface area contributed by atoms with E-state index < -0.39 is 0 Å². The van der Waals surface area contributed by atoms with E-state index in [1.807, 2.05) is 66.7 Å². The van der Waals surface area contributed by atoms with Crippen LogP contribution < -0.4 is 0 Å². The summed E-state index contributed by atoms with van der Waals surface area (Å²) in [7, 11) is 0. The third-order valence-corrected chi connectivity index (χ3v) is 16.8. The number of aromatic nitrogens is 5. The lowest BCUT2D eigenvalue weighted by molar-refractivity contribution is 0.666. The highest BCUT2D eigenvalue weighted by molar-refractivity contribution is 6.16. The van der Waals surface area contributed by atoms with Crippen molar-refractivity contribution in [3.05, 3.63) is 246 Å². The van der Waals surface area contributed by atoms with E-state index in [9.17, 15) is 10.5 Å². The second-order valence-corrected chi connectivity index (χ2v) is 21.8. The highest BCUT2D eigenvalue weighted by Gasteiger charge is 2.40. The molecule has 3 heterocycles. The Bertz CT molecular complexity index is 4820. The van der Waals surface area contributed by atoms with E-state index in [2.05, 4.69) is 195 Å². The van der Waals surface area contributed by atoms with E-state index >= 15 is 0 Å². The number of fused-ring (bicyclic) bond motifs is 14. The molecule has 0 aliphatic heterocycles. The van der Waals surface area contributed by atoms with E-state index in [4.69, 9.17) is 15.0 Å². The number of benzene rings is 10. The van der Waals surface area contributed by atoms with Crippen molar-refractivity contribution in [3.63, 3.8) is 0 Å². The van der Waals surface area contributed by atoms with Crippen LogP contribution in [0.3, 0.4) is 0 Å². The van der Waals surface area contributed by atoms with Crippen molar-refractivity contribution in [2.75, 3.05) is 0 Å². The summed E-state index contributed by atoms with van der Waals surface area (Å²) in [6.07, 6.45) is 0. The molecule has 0 spiro atoms. The van der Waals surface area contributed by atoms with Gasteiger partial charge in [-0.1, -0.05) is 167 Å². The van der Waals surface area contributed by atoms with Gasteiger partial charge in [-0.3, -0.25) is 0 Å². The van der Waals surface area contributed by atoms with Crippen molar-refractivity contribution in [1.82, 2.24) is 24.1 Å². The minimum atomic E-state index is -0.230. The van der Waals surface area contributed by atoms with Gasteiger partial charge in [-0.2, -0.15) is 10.5 Å². The molecule has 15 rings (SSSR count). The predicted octanol–water partition coefficient (Wildman–Crippen LogP) is 17.1. The molecule has 0 N–H and O–H groups in total. The zero-order valence-electron chi connectivity index (χ0n) is 43.3. The molecule has 2 aliphatic carbocycles. The van der Waals surface area contributed by atoms with E-state index in [0.717, 1.165) is 61.1 Å². The first-order valence-corrected chi connectivity index (χ1v) is 26.5. The molecular weight excluding hydrogens is 951 g/mol. The van der Waals surface area contributed by atoms with E-state index in [0.29, 0.717) is 34.2 Å². The maximum absolute atomic E-state index is 11.1. The number of hydrogen-bond donors (Lipinski definition) is 0. The molecule has 7 nitrogen and oxygen atoms in total. The molecule has 0 bridgehead atoms. The zero-order chi connectivity index (χ0) is 52.6. The highest BCUT2D eigenvalue weighted by atomic mass is 15.0. The molecule has 366 valence electrons. The first-order chi connectivity index (χ1) is 38.1. The molecule has 0 atom stereocenters. The van der Waals surface area contributed by atoms with Crippen LogP contribution in [0.15, 0.2) is 212 Å². The molecule has 0 saturated heterocycles. The molecule has 2 aliphatic rings. The lowest BCUT2D eigenvalue weighted by Crippen LogP contribution is -2.15. The standard InChI is InChI=1S/C71H47N7/c1-70(2)55-25-12-8-21-48(55)50-31-35-61-63(65(50)70)52-23-10-14-27-58(52)77(61)57-33-29-45(38-47(57)41-73)68-74-67(43-18-6-5-7-19-43)75-69(76-68)46-30-34-60(54(39-46)44-20-16-17-42(37-44)40-72)78-59-28-15-11-24-53(59)64-62(78)36-32-51-49-22-9-13-26-56(49)71(3,4)66(51)64/h5-39H,1-4H3. The van der Waals surface area contributed by atoms with Gasteiger partial charge in [0.15, 0.2) is 17.5 Å². The Kier molecular flexibility index (Phi) is 9.65. The summed E-state index contributed by atoms with van der Waals surface area (Å²) in [6, 6.07) is 78.9. The minimum Gasteiger partial charge on any atom is -0.309 e. The lowest BCUT2D eigenvalue weighted by atomic mass is 9.80. The SMILES string of the molecule is CC1(C)c2ccccc2-c2ccc3c(c21)c1ccccc1n3-c1ccc(-c2nc(-c3ccccc3)nc(-c3ccc(-n4c5ccccc5c5c6c(ccc54)-c4ccccc4C6(C)C)c(-c4cccc(C#N)c4)c3)n2)cc1C#N. The molecule has 0 unspecified atom stereocenters. The summed E-state index contributed by atoms with van der Waals surface area (Å²) in [6.45, 7) is 9.33. The normalized spacial score (nSPS) is 13.6. The van der Waals surface area contributed by atoms with Crippen molar-refractivity contribution < 1.29 is 0 Å². The molecule has 10 aromatic carbocycles. The largest absolute Gasteiger partial charge is 0.309 e. The van der Waals surface area contributed by atoms with Gasteiger partial charge in [-0.25, -0.2) is 15.0 Å². The molecule has 0 amide bonds. The Morgan fingerprint density at radius 2 is 0.846 bits per heavy atom. The maximum atomic E-state index is 11.1. The van der Waals surface area contributed by atoms with Crippen molar-refractivity contribution in [3.8, 4) is 91.1 Å². The first-order valence-electron chi connectivity index (χ1n) is 26.5. The highest BCUT2D eigenvalue weighted by Crippen LogP contribution is 2.55. The van der Waals surface area contributed by atoms with Crippen molar-refractivity contribution in [1.29, 1.82) is 10.5 Å². The van der Waals surface area contributed by atoms with Gasteiger partial charge in [0.25, 0.3) is 0 Å². The van der Waals surface area contributed by atoms with Gasteiger partial charge >= 0.3 is 0 Å². The van der Waals surface area contributed by atoms with Crippen LogP contribution in [0.1, 0.15) is 61.1 Å². The molecule has 7 heteroatoms. The van der Waals surface area contributed by atoms with E-state index in [1.54, 1.807) is 0 Å². The van der Waals surface area contributed by atoms with Gasteiger partial charge < -0.3 is 9.13 Å². The lowest BCUT2D eigenvalue weighted by Gasteiger charge is -2.22. The number of para-hydroxylation sites is 2. The molecule has 0 fully saturated rings. The van der Waals surface area contributed by atoms with Crippen LogP contribution in [-0.4, -0.2) is 24.1 Å². The Hall–Kier alpha value is -10.2. The average Bonchev–Trinajstić information content (AvgIpc) is 4.32. The molecule has 3 aromatic heterocycles. The van der Waals surface area contributed by atoms with Crippen LogP contribution in [0.5, 0.6) is 0 Å². The molecule has 13 aromatic rings. The molecule has 0 saturated carbocycles. The van der Waals surface area contributed by atoms with Crippen LogP contribution in [-0.2, 0) is 10.8 Å². The topological polar surface area (TPSA) is 96.1 Å². The van der Waals surface area contributed by atoms with Crippen LogP contribution in [0.25, 0.3) is 123 Å². The quantitative estimate of drug-likeness (QED) is 0.165. The fourth-order valence-corrected chi connectivity index (χ4v) is 13.4. The Labute approximate surface area is 451 Å².